The third-order valence-corrected chi connectivity index (χ3v) is 4.13. The highest BCUT2D eigenvalue weighted by atomic mass is 16.5. The van der Waals surface area contributed by atoms with Crippen molar-refractivity contribution in [2.75, 3.05) is 19.8 Å². The van der Waals surface area contributed by atoms with E-state index in [4.69, 9.17) is 9.84 Å². The van der Waals surface area contributed by atoms with Crippen LogP contribution in [-0.2, 0) is 16.1 Å². The van der Waals surface area contributed by atoms with E-state index in [2.05, 4.69) is 4.57 Å². The van der Waals surface area contributed by atoms with Gasteiger partial charge in [0.1, 0.15) is 0 Å². The minimum absolute atomic E-state index is 0.0997. The van der Waals surface area contributed by atoms with Crippen molar-refractivity contribution in [2.24, 2.45) is 0 Å². The van der Waals surface area contributed by atoms with Gasteiger partial charge in [0.25, 0.3) is 5.91 Å². The van der Waals surface area contributed by atoms with Gasteiger partial charge in [0, 0.05) is 31.0 Å². The highest BCUT2D eigenvalue weighted by Gasteiger charge is 2.29. The Balaban J connectivity index is 1.70. The van der Waals surface area contributed by atoms with Crippen molar-refractivity contribution in [1.29, 1.82) is 0 Å². The van der Waals surface area contributed by atoms with E-state index in [0.29, 0.717) is 18.7 Å². The first-order valence-corrected chi connectivity index (χ1v) is 7.93. The molecule has 2 aromatic rings. The second kappa shape index (κ2) is 7.31. The van der Waals surface area contributed by atoms with Crippen molar-refractivity contribution in [1.82, 2.24) is 9.47 Å². The van der Waals surface area contributed by atoms with Crippen molar-refractivity contribution in [2.45, 2.75) is 19.0 Å². The van der Waals surface area contributed by atoms with Crippen molar-refractivity contribution < 1.29 is 19.4 Å². The monoisotopic (exact) mass is 328 g/mol. The summed E-state index contributed by atoms with van der Waals surface area (Å²) in [5.41, 5.74) is 1.68. The van der Waals surface area contributed by atoms with E-state index >= 15 is 0 Å². The average molecular weight is 328 g/mol. The lowest BCUT2D eigenvalue weighted by molar-refractivity contribution is -0.139. The number of hydrogen-bond acceptors (Lipinski definition) is 3. The van der Waals surface area contributed by atoms with Crippen LogP contribution in [0.5, 0.6) is 0 Å². The molecule has 1 atom stereocenters. The zero-order valence-corrected chi connectivity index (χ0v) is 13.3. The summed E-state index contributed by atoms with van der Waals surface area (Å²) in [6, 6.07) is 11.0. The van der Waals surface area contributed by atoms with E-state index in [0.717, 1.165) is 12.1 Å². The molecule has 0 bridgehead atoms. The Morgan fingerprint density at radius 1 is 1.17 bits per heavy atom. The molecule has 3 rings (SSSR count). The van der Waals surface area contributed by atoms with Gasteiger partial charge in [-0.15, -0.1) is 0 Å². The van der Waals surface area contributed by atoms with Gasteiger partial charge in [-0.1, -0.05) is 12.1 Å². The molecule has 0 aliphatic carbocycles. The number of carbonyl (C=O) groups excluding carboxylic acids is 1. The van der Waals surface area contributed by atoms with Crippen LogP contribution in [-0.4, -0.2) is 52.3 Å². The number of benzene rings is 1. The summed E-state index contributed by atoms with van der Waals surface area (Å²) in [7, 11) is 0. The van der Waals surface area contributed by atoms with Crippen LogP contribution in [0.15, 0.2) is 48.8 Å². The molecule has 0 radical (unpaired) electrons. The summed E-state index contributed by atoms with van der Waals surface area (Å²) in [6.45, 7) is 1.87. The molecule has 1 saturated heterocycles. The fourth-order valence-electron chi connectivity index (χ4n) is 2.90. The summed E-state index contributed by atoms with van der Waals surface area (Å²) in [6.07, 6.45) is 3.88. The van der Waals surface area contributed by atoms with Gasteiger partial charge in [-0.2, -0.15) is 0 Å². The minimum atomic E-state index is -0.926. The van der Waals surface area contributed by atoms with Gasteiger partial charge in [-0.3, -0.25) is 9.59 Å². The average Bonchev–Trinajstić information content (AvgIpc) is 3.08. The third kappa shape index (κ3) is 3.83. The molecule has 24 heavy (non-hydrogen) atoms. The quantitative estimate of drug-likeness (QED) is 0.909. The predicted octanol–water partition coefficient (Wildman–Crippen LogP) is 1.85. The standard InChI is InChI=1S/C18H20N2O4/c21-17(22)11-16-13-24-10-9-20(16)18(23)15-5-3-14(4-6-15)12-19-7-1-2-8-19/h1-8,16H,9-13H2,(H,21,22)/t16-/m0/s1. The van der Waals surface area contributed by atoms with E-state index < -0.39 is 12.0 Å². The fraction of sp³-hybridized carbons (Fsp3) is 0.333. The van der Waals surface area contributed by atoms with Crippen LogP contribution >= 0.6 is 0 Å². The molecule has 126 valence electrons. The van der Waals surface area contributed by atoms with E-state index in [-0.39, 0.29) is 18.9 Å². The molecule has 1 N–H and O–H groups in total. The molecule has 0 unspecified atom stereocenters. The van der Waals surface area contributed by atoms with Gasteiger partial charge in [-0.05, 0) is 29.8 Å². The molecule has 6 heteroatoms. The highest BCUT2D eigenvalue weighted by Crippen LogP contribution is 2.16. The Morgan fingerprint density at radius 2 is 1.88 bits per heavy atom. The molecule has 1 aliphatic rings. The minimum Gasteiger partial charge on any atom is -0.481 e. The maximum absolute atomic E-state index is 12.7. The second-order valence-corrected chi connectivity index (χ2v) is 5.88. The number of ether oxygens (including phenoxy) is 1. The number of carboxylic acid groups (broad SMARTS) is 1. The molecule has 6 nitrogen and oxygen atoms in total. The highest BCUT2D eigenvalue weighted by molar-refractivity contribution is 5.94. The molecule has 1 fully saturated rings. The second-order valence-electron chi connectivity index (χ2n) is 5.88. The van der Waals surface area contributed by atoms with Gasteiger partial charge in [-0.25, -0.2) is 0 Å². The van der Waals surface area contributed by atoms with Crippen LogP contribution in [0.3, 0.4) is 0 Å². The van der Waals surface area contributed by atoms with Crippen LogP contribution in [0.25, 0.3) is 0 Å². The first-order chi connectivity index (χ1) is 11.6. The number of carbonyl (C=O) groups is 2. The molecule has 0 spiro atoms. The molecular formula is C18H20N2O4. The zero-order chi connectivity index (χ0) is 16.9. The van der Waals surface area contributed by atoms with Crippen molar-refractivity contribution in [3.05, 3.63) is 59.9 Å². The van der Waals surface area contributed by atoms with Crippen LogP contribution in [0.1, 0.15) is 22.3 Å². The summed E-state index contributed by atoms with van der Waals surface area (Å²) in [5, 5.41) is 9.00. The molecule has 1 aromatic heterocycles. The number of amides is 1. The van der Waals surface area contributed by atoms with E-state index in [9.17, 15) is 9.59 Å². The number of hydrogen-bond donors (Lipinski definition) is 1. The molecule has 0 saturated carbocycles. The maximum Gasteiger partial charge on any atom is 0.305 e. The molecule has 1 aromatic carbocycles. The van der Waals surface area contributed by atoms with E-state index in [1.807, 2.05) is 36.7 Å². The summed E-state index contributed by atoms with van der Waals surface area (Å²) in [4.78, 5) is 25.3. The fourth-order valence-corrected chi connectivity index (χ4v) is 2.90. The molecule has 1 aliphatic heterocycles. The van der Waals surface area contributed by atoms with Gasteiger partial charge < -0.3 is 19.3 Å². The Hall–Kier alpha value is -2.60. The largest absolute Gasteiger partial charge is 0.481 e. The van der Waals surface area contributed by atoms with Gasteiger partial charge >= 0.3 is 5.97 Å². The van der Waals surface area contributed by atoms with Crippen molar-refractivity contribution in [3.63, 3.8) is 0 Å². The lowest BCUT2D eigenvalue weighted by Gasteiger charge is -2.34. The molecule has 2 heterocycles. The topological polar surface area (TPSA) is 71.8 Å². The normalized spacial score (nSPS) is 17.7. The number of morpholine rings is 1. The number of aliphatic carboxylic acids is 1. The number of carboxylic acids is 1. The van der Waals surface area contributed by atoms with E-state index in [1.165, 1.54) is 0 Å². The first-order valence-electron chi connectivity index (χ1n) is 7.93. The first kappa shape index (κ1) is 16.3. The van der Waals surface area contributed by atoms with Gasteiger partial charge in [0.15, 0.2) is 0 Å². The Bertz CT molecular complexity index is 694. The SMILES string of the molecule is O=C(O)C[C@H]1COCCN1C(=O)c1ccc(Cn2cccc2)cc1. The number of aromatic nitrogens is 1. The van der Waals surface area contributed by atoms with Crippen LogP contribution < -0.4 is 0 Å². The smallest absolute Gasteiger partial charge is 0.305 e. The Labute approximate surface area is 140 Å². The third-order valence-electron chi connectivity index (χ3n) is 4.13. The van der Waals surface area contributed by atoms with Crippen LogP contribution in [0.2, 0.25) is 0 Å². The van der Waals surface area contributed by atoms with Crippen molar-refractivity contribution >= 4 is 11.9 Å². The Morgan fingerprint density at radius 3 is 2.54 bits per heavy atom. The zero-order valence-electron chi connectivity index (χ0n) is 13.3. The molecular weight excluding hydrogens is 308 g/mol. The van der Waals surface area contributed by atoms with Gasteiger partial charge in [0.2, 0.25) is 0 Å². The maximum atomic E-state index is 12.7. The number of nitrogens with zero attached hydrogens (tertiary/aromatic N) is 2. The molecule has 1 amide bonds. The summed E-state index contributed by atoms with van der Waals surface area (Å²) in [5.74, 6) is -1.07. The summed E-state index contributed by atoms with van der Waals surface area (Å²) < 4.78 is 7.37. The van der Waals surface area contributed by atoms with Gasteiger partial charge in [0.05, 0.1) is 25.7 Å². The predicted molar refractivity (Wildman–Crippen MR) is 87.9 cm³/mol. The van der Waals surface area contributed by atoms with Crippen molar-refractivity contribution in [3.8, 4) is 0 Å². The number of rotatable bonds is 5. The lowest BCUT2D eigenvalue weighted by Crippen LogP contribution is -2.49. The van der Waals surface area contributed by atoms with E-state index in [1.54, 1.807) is 17.0 Å². The lowest BCUT2D eigenvalue weighted by atomic mass is 10.1. The Kier molecular flexibility index (Phi) is 4.96. The summed E-state index contributed by atoms with van der Waals surface area (Å²) >= 11 is 0. The van der Waals surface area contributed by atoms with Crippen LogP contribution in [0, 0.1) is 0 Å². The van der Waals surface area contributed by atoms with Crippen LogP contribution in [0.4, 0.5) is 0 Å².